The molecular weight excluding hydrogens is 478 g/mol. The molecule has 2 aromatic rings. The highest BCUT2D eigenvalue weighted by molar-refractivity contribution is 6.34. The Morgan fingerprint density at radius 1 is 1.11 bits per heavy atom. The number of halogens is 1. The summed E-state index contributed by atoms with van der Waals surface area (Å²) in [6, 6.07) is 2.52. The van der Waals surface area contributed by atoms with Gasteiger partial charge >= 0.3 is 0 Å². The Hall–Kier alpha value is -2.51. The van der Waals surface area contributed by atoms with Gasteiger partial charge in [-0.15, -0.1) is 0 Å². The fourth-order valence-corrected chi connectivity index (χ4v) is 6.54. The molecule has 1 aliphatic carbocycles. The van der Waals surface area contributed by atoms with Crippen molar-refractivity contribution in [1.29, 1.82) is 0 Å². The molecule has 7 nitrogen and oxygen atoms in total. The van der Waals surface area contributed by atoms with E-state index in [-0.39, 0.29) is 23.9 Å². The van der Waals surface area contributed by atoms with Crippen molar-refractivity contribution >= 4 is 17.5 Å². The van der Waals surface area contributed by atoms with Crippen LogP contribution in [0, 0.1) is 26.7 Å². The summed E-state index contributed by atoms with van der Waals surface area (Å²) in [5.74, 6) is 0.471. The SMILES string of the molecule is Cc1cc(C)c(CN2CCc3c(Cl)c4c(c(C)c3C2=O)OC(C)(C2CCC(N(C)C)CC2)O4)c(=O)[nH]1. The number of H-pyrrole nitrogens is 1. The number of rotatable bonds is 4. The topological polar surface area (TPSA) is 74.9 Å². The van der Waals surface area contributed by atoms with Crippen LogP contribution in [0.4, 0.5) is 0 Å². The molecule has 3 heterocycles. The highest BCUT2D eigenvalue weighted by Gasteiger charge is 2.48. The lowest BCUT2D eigenvalue weighted by Gasteiger charge is -2.39. The van der Waals surface area contributed by atoms with Gasteiger partial charge in [-0.2, -0.15) is 0 Å². The van der Waals surface area contributed by atoms with Crippen molar-refractivity contribution in [2.75, 3.05) is 20.6 Å². The van der Waals surface area contributed by atoms with E-state index in [1.807, 2.05) is 33.8 Å². The summed E-state index contributed by atoms with van der Waals surface area (Å²) in [7, 11) is 4.27. The van der Waals surface area contributed by atoms with Gasteiger partial charge in [-0.3, -0.25) is 9.59 Å². The maximum atomic E-state index is 13.7. The van der Waals surface area contributed by atoms with Crippen molar-refractivity contribution < 1.29 is 14.3 Å². The van der Waals surface area contributed by atoms with E-state index in [9.17, 15) is 9.59 Å². The zero-order valence-electron chi connectivity index (χ0n) is 22.1. The number of ether oxygens (including phenoxy) is 2. The van der Waals surface area contributed by atoms with Crippen LogP contribution < -0.4 is 15.0 Å². The lowest BCUT2D eigenvalue weighted by atomic mass is 9.81. The summed E-state index contributed by atoms with van der Waals surface area (Å²) >= 11 is 6.88. The van der Waals surface area contributed by atoms with Gasteiger partial charge in [0, 0.05) is 42.2 Å². The molecule has 1 fully saturated rings. The highest BCUT2D eigenvalue weighted by Crippen LogP contribution is 2.53. The number of aromatic amines is 1. The summed E-state index contributed by atoms with van der Waals surface area (Å²) in [5, 5.41) is 0.480. The molecule has 0 spiro atoms. The van der Waals surface area contributed by atoms with Gasteiger partial charge in [0.1, 0.15) is 0 Å². The van der Waals surface area contributed by atoms with Crippen LogP contribution in [0.25, 0.3) is 0 Å². The lowest BCUT2D eigenvalue weighted by Crippen LogP contribution is -2.46. The van der Waals surface area contributed by atoms with E-state index in [1.165, 1.54) is 0 Å². The molecular formula is C28H36ClN3O4. The van der Waals surface area contributed by atoms with E-state index in [0.717, 1.165) is 48.1 Å². The van der Waals surface area contributed by atoms with Crippen LogP contribution in [-0.2, 0) is 13.0 Å². The summed E-state index contributed by atoms with van der Waals surface area (Å²) in [5.41, 5.74) is 4.32. The molecule has 1 aromatic carbocycles. The Morgan fingerprint density at radius 2 is 1.78 bits per heavy atom. The van der Waals surface area contributed by atoms with Gasteiger partial charge in [0.2, 0.25) is 0 Å². The summed E-state index contributed by atoms with van der Waals surface area (Å²) < 4.78 is 13.0. The van der Waals surface area contributed by atoms with Crippen LogP contribution in [0.3, 0.4) is 0 Å². The molecule has 194 valence electrons. The quantitative estimate of drug-likeness (QED) is 0.638. The Bertz CT molecular complexity index is 1280. The third-order valence-electron chi connectivity index (χ3n) is 8.44. The fraction of sp³-hybridized carbons (Fsp3) is 0.571. The van der Waals surface area contributed by atoms with Crippen LogP contribution in [0.1, 0.15) is 70.9 Å². The molecule has 0 bridgehead atoms. The van der Waals surface area contributed by atoms with E-state index in [2.05, 4.69) is 24.0 Å². The minimum absolute atomic E-state index is 0.124. The summed E-state index contributed by atoms with van der Waals surface area (Å²) in [4.78, 5) is 33.2. The lowest BCUT2D eigenvalue weighted by molar-refractivity contribution is -0.123. The number of hydrogen-bond donors (Lipinski definition) is 1. The summed E-state index contributed by atoms with van der Waals surface area (Å²) in [6.07, 6.45) is 4.84. The van der Waals surface area contributed by atoms with E-state index in [0.29, 0.717) is 46.7 Å². The first-order valence-electron chi connectivity index (χ1n) is 12.9. The maximum absolute atomic E-state index is 13.7. The van der Waals surface area contributed by atoms with Crippen LogP contribution in [0.5, 0.6) is 11.5 Å². The predicted octanol–water partition coefficient (Wildman–Crippen LogP) is 4.76. The first-order chi connectivity index (χ1) is 17.0. The average Bonchev–Trinajstić information content (AvgIpc) is 3.20. The van der Waals surface area contributed by atoms with Crippen molar-refractivity contribution in [3.05, 3.63) is 55.0 Å². The molecule has 2 aliphatic heterocycles. The number of carbonyl (C=O) groups is 1. The van der Waals surface area contributed by atoms with Crippen molar-refractivity contribution in [3.8, 4) is 11.5 Å². The third kappa shape index (κ3) is 4.10. The number of hydrogen-bond acceptors (Lipinski definition) is 5. The normalized spacial score (nSPS) is 25.4. The molecule has 1 unspecified atom stereocenters. The van der Waals surface area contributed by atoms with Gasteiger partial charge in [0.15, 0.2) is 11.5 Å². The van der Waals surface area contributed by atoms with E-state index < -0.39 is 5.79 Å². The molecule has 3 aliphatic rings. The van der Waals surface area contributed by atoms with Crippen molar-refractivity contribution in [2.45, 2.75) is 78.2 Å². The molecule has 1 N–H and O–H groups in total. The number of aryl methyl sites for hydroxylation is 2. The molecule has 1 atom stereocenters. The minimum Gasteiger partial charge on any atom is -0.448 e. The van der Waals surface area contributed by atoms with Gasteiger partial charge in [-0.05, 0) is 84.2 Å². The minimum atomic E-state index is -0.799. The highest BCUT2D eigenvalue weighted by atomic mass is 35.5. The Balaban J connectivity index is 1.43. The maximum Gasteiger partial charge on any atom is 0.254 e. The number of benzene rings is 1. The van der Waals surface area contributed by atoms with Gasteiger partial charge in [-0.25, -0.2) is 0 Å². The standard InChI is InChI=1S/C28H36ClN3O4/c1-15-13-16(2)30-26(33)21(15)14-32-12-11-20-22(27(32)34)17(3)24-25(23(20)29)36-28(4,35-24)18-7-9-19(10-8-18)31(5)6/h13,18-19H,7-12,14H2,1-6H3,(H,30,33). The van der Waals surface area contributed by atoms with E-state index >= 15 is 0 Å². The number of pyridine rings is 1. The number of fused-ring (bicyclic) bond motifs is 2. The molecule has 36 heavy (non-hydrogen) atoms. The zero-order valence-corrected chi connectivity index (χ0v) is 22.8. The number of nitrogens with one attached hydrogen (secondary N) is 1. The first kappa shape index (κ1) is 25.2. The van der Waals surface area contributed by atoms with E-state index in [1.54, 1.807) is 4.90 Å². The second-order valence-corrected chi connectivity index (χ2v) is 11.4. The van der Waals surface area contributed by atoms with Gasteiger partial charge < -0.3 is 24.3 Å². The number of aromatic nitrogens is 1. The monoisotopic (exact) mass is 513 g/mol. The van der Waals surface area contributed by atoms with Gasteiger partial charge in [-0.1, -0.05) is 11.6 Å². The second-order valence-electron chi connectivity index (χ2n) is 11.1. The van der Waals surface area contributed by atoms with Crippen LogP contribution in [0.15, 0.2) is 10.9 Å². The van der Waals surface area contributed by atoms with Crippen molar-refractivity contribution in [1.82, 2.24) is 14.8 Å². The van der Waals surface area contributed by atoms with Crippen molar-refractivity contribution in [3.63, 3.8) is 0 Å². The van der Waals surface area contributed by atoms with Crippen molar-refractivity contribution in [2.24, 2.45) is 5.92 Å². The molecule has 5 rings (SSSR count). The largest absolute Gasteiger partial charge is 0.448 e. The van der Waals surface area contributed by atoms with Gasteiger partial charge in [0.05, 0.1) is 17.1 Å². The van der Waals surface area contributed by atoms with E-state index in [4.69, 9.17) is 21.1 Å². The average molecular weight is 514 g/mol. The fourth-order valence-electron chi connectivity index (χ4n) is 6.23. The zero-order chi connectivity index (χ0) is 25.9. The third-order valence-corrected chi connectivity index (χ3v) is 8.84. The van der Waals surface area contributed by atoms with Gasteiger partial charge in [0.25, 0.3) is 17.3 Å². The second kappa shape index (κ2) is 9.10. The molecule has 8 heteroatoms. The first-order valence-corrected chi connectivity index (χ1v) is 13.3. The molecule has 1 amide bonds. The predicted molar refractivity (Wildman–Crippen MR) is 140 cm³/mol. The molecule has 1 aromatic heterocycles. The van der Waals surface area contributed by atoms with Crippen LogP contribution in [-0.4, -0.2) is 53.2 Å². The Kier molecular flexibility index (Phi) is 6.36. The number of nitrogens with zero attached hydrogens (tertiary/aromatic N) is 2. The number of amides is 1. The molecule has 1 saturated carbocycles. The Labute approximate surface area is 217 Å². The summed E-state index contributed by atoms with van der Waals surface area (Å²) in [6.45, 7) is 8.44. The Morgan fingerprint density at radius 3 is 2.42 bits per heavy atom. The molecule has 0 radical (unpaired) electrons. The smallest absolute Gasteiger partial charge is 0.254 e. The molecule has 0 saturated heterocycles. The number of carbonyl (C=O) groups excluding carboxylic acids is 1. The van der Waals surface area contributed by atoms with Crippen LogP contribution >= 0.6 is 11.6 Å². The van der Waals surface area contributed by atoms with Crippen LogP contribution in [0.2, 0.25) is 5.02 Å².